The molecule has 9 heteroatoms. The van der Waals surface area contributed by atoms with Crippen LogP contribution in [0.2, 0.25) is 0 Å². The predicted molar refractivity (Wildman–Crippen MR) is 53.8 cm³/mol. The van der Waals surface area contributed by atoms with Crippen LogP contribution in [-0.2, 0) is 17.1 Å². The van der Waals surface area contributed by atoms with Gasteiger partial charge in [-0.2, -0.15) is 26.3 Å². The van der Waals surface area contributed by atoms with Crippen molar-refractivity contribution in [3.05, 3.63) is 34.4 Å². The second-order valence-electron chi connectivity index (χ2n) is 3.95. The molecule has 0 aromatic heterocycles. The lowest BCUT2D eigenvalue weighted by Crippen LogP contribution is -2.24. The fourth-order valence-electron chi connectivity index (χ4n) is 1.74. The van der Waals surface area contributed by atoms with E-state index in [4.69, 9.17) is 5.11 Å². The second kappa shape index (κ2) is 4.97. The maximum Gasteiger partial charge on any atom is 0.417 e. The van der Waals surface area contributed by atoms with Gasteiger partial charge >= 0.3 is 18.3 Å². The van der Waals surface area contributed by atoms with E-state index in [1.54, 1.807) is 0 Å². The molecule has 1 unspecified atom stereocenters. The molecule has 0 heterocycles. The van der Waals surface area contributed by atoms with Gasteiger partial charge in [-0.05, 0) is 18.6 Å². The zero-order chi connectivity index (χ0) is 15.9. The molecule has 20 heavy (non-hydrogen) atoms. The summed E-state index contributed by atoms with van der Waals surface area (Å²) >= 11 is 0. The van der Waals surface area contributed by atoms with E-state index in [1.807, 2.05) is 0 Å². The molecule has 1 aromatic rings. The molecule has 112 valence electrons. The number of aryl methyl sites for hydroxylation is 1. The Morgan fingerprint density at radius 2 is 1.60 bits per heavy atom. The lowest BCUT2D eigenvalue weighted by atomic mass is 9.92. The number of carboxylic acid groups (broad SMARTS) is 1. The van der Waals surface area contributed by atoms with Crippen LogP contribution < -0.4 is 0 Å². The molecule has 0 spiro atoms. The van der Waals surface area contributed by atoms with Gasteiger partial charge in [-0.15, -0.1) is 0 Å². The van der Waals surface area contributed by atoms with Gasteiger partial charge in [-0.25, -0.2) is 4.79 Å². The van der Waals surface area contributed by atoms with Crippen molar-refractivity contribution in [2.75, 3.05) is 0 Å². The van der Waals surface area contributed by atoms with Gasteiger partial charge in [-0.1, -0.05) is 6.07 Å². The first-order valence-electron chi connectivity index (χ1n) is 5.06. The highest BCUT2D eigenvalue weighted by molar-refractivity contribution is 5.75. The molecule has 3 nitrogen and oxygen atoms in total. The van der Waals surface area contributed by atoms with Crippen molar-refractivity contribution in [1.82, 2.24) is 0 Å². The number of hydrogen-bond donors (Lipinski definition) is 2. The summed E-state index contributed by atoms with van der Waals surface area (Å²) in [5.41, 5.74) is -5.93. The van der Waals surface area contributed by atoms with Gasteiger partial charge in [0.25, 0.3) is 0 Å². The number of benzene rings is 1. The molecule has 0 aliphatic rings. The second-order valence-corrected chi connectivity index (χ2v) is 3.95. The highest BCUT2D eigenvalue weighted by Gasteiger charge is 2.46. The lowest BCUT2D eigenvalue weighted by Gasteiger charge is -2.22. The average molecular weight is 302 g/mol. The Kier molecular flexibility index (Phi) is 4.04. The molecular formula is C11H8F6O3. The third kappa shape index (κ3) is 3.03. The number of carboxylic acids is 1. The van der Waals surface area contributed by atoms with E-state index in [0.717, 1.165) is 6.92 Å². The Hall–Kier alpha value is -1.77. The molecule has 0 aliphatic carbocycles. The van der Waals surface area contributed by atoms with Crippen LogP contribution in [0.1, 0.15) is 28.4 Å². The smallest absolute Gasteiger partial charge is 0.417 e. The summed E-state index contributed by atoms with van der Waals surface area (Å²) in [6.45, 7) is 0.983. The highest BCUT2D eigenvalue weighted by atomic mass is 19.4. The zero-order valence-corrected chi connectivity index (χ0v) is 9.80. The van der Waals surface area contributed by atoms with Crippen molar-refractivity contribution in [3.63, 3.8) is 0 Å². The Morgan fingerprint density at radius 3 is 1.95 bits per heavy atom. The van der Waals surface area contributed by atoms with Crippen molar-refractivity contribution in [1.29, 1.82) is 0 Å². The lowest BCUT2D eigenvalue weighted by molar-refractivity contribution is -0.164. The SMILES string of the molecule is Cc1ccc(C(F)(F)F)c(C(F)(F)F)c1C(O)C(=O)O. The monoisotopic (exact) mass is 302 g/mol. The van der Waals surface area contributed by atoms with Crippen molar-refractivity contribution in [2.45, 2.75) is 25.4 Å². The number of halogens is 6. The quantitative estimate of drug-likeness (QED) is 0.825. The number of aliphatic hydroxyl groups excluding tert-OH is 1. The summed E-state index contributed by atoms with van der Waals surface area (Å²) in [4.78, 5) is 10.6. The molecular weight excluding hydrogens is 294 g/mol. The zero-order valence-electron chi connectivity index (χ0n) is 9.80. The number of rotatable bonds is 2. The molecule has 0 fully saturated rings. The molecule has 0 amide bonds. The van der Waals surface area contributed by atoms with Gasteiger partial charge in [0, 0.05) is 5.56 Å². The number of alkyl halides is 6. The summed E-state index contributed by atoms with van der Waals surface area (Å²) in [5, 5.41) is 17.8. The maximum atomic E-state index is 12.8. The maximum absolute atomic E-state index is 12.8. The molecule has 0 saturated carbocycles. The van der Waals surface area contributed by atoms with E-state index in [1.165, 1.54) is 0 Å². The Morgan fingerprint density at radius 1 is 1.10 bits per heavy atom. The van der Waals surface area contributed by atoms with Crippen LogP contribution in [0.15, 0.2) is 12.1 Å². The molecule has 0 saturated heterocycles. The average Bonchev–Trinajstić information content (AvgIpc) is 2.24. The van der Waals surface area contributed by atoms with Crippen molar-refractivity contribution >= 4 is 5.97 Å². The first-order valence-corrected chi connectivity index (χ1v) is 5.06. The van der Waals surface area contributed by atoms with E-state index < -0.39 is 46.7 Å². The molecule has 2 N–H and O–H groups in total. The van der Waals surface area contributed by atoms with Crippen molar-refractivity contribution in [3.8, 4) is 0 Å². The Balaban J connectivity index is 3.78. The van der Waals surface area contributed by atoms with Gasteiger partial charge < -0.3 is 10.2 Å². The van der Waals surface area contributed by atoms with E-state index >= 15 is 0 Å². The minimum atomic E-state index is -5.46. The number of carbonyl (C=O) groups is 1. The summed E-state index contributed by atoms with van der Waals surface area (Å²) < 4.78 is 76.4. The first kappa shape index (κ1) is 16.3. The fraction of sp³-hybridized carbons (Fsp3) is 0.364. The number of hydrogen-bond acceptors (Lipinski definition) is 2. The van der Waals surface area contributed by atoms with Gasteiger partial charge in [0.05, 0.1) is 11.1 Å². The van der Waals surface area contributed by atoms with Crippen LogP contribution in [0.4, 0.5) is 26.3 Å². The summed E-state index contributed by atoms with van der Waals surface area (Å²) in [5.74, 6) is -2.07. The van der Waals surface area contributed by atoms with Gasteiger partial charge in [0.15, 0.2) is 6.10 Å². The largest absolute Gasteiger partial charge is 0.479 e. The van der Waals surface area contributed by atoms with Crippen LogP contribution in [0.25, 0.3) is 0 Å². The third-order valence-electron chi connectivity index (χ3n) is 2.56. The number of aliphatic hydroxyl groups is 1. The van der Waals surface area contributed by atoms with Crippen LogP contribution in [0.3, 0.4) is 0 Å². The third-order valence-corrected chi connectivity index (χ3v) is 2.56. The highest BCUT2D eigenvalue weighted by Crippen LogP contribution is 2.44. The summed E-state index contributed by atoms with van der Waals surface area (Å²) in [6.07, 6.45) is -13.5. The molecule has 0 radical (unpaired) electrons. The van der Waals surface area contributed by atoms with Crippen LogP contribution in [-0.4, -0.2) is 16.2 Å². The molecule has 0 aliphatic heterocycles. The van der Waals surface area contributed by atoms with Gasteiger partial charge in [0.1, 0.15) is 0 Å². The molecule has 0 bridgehead atoms. The molecule has 1 rings (SSSR count). The van der Waals surface area contributed by atoms with E-state index in [2.05, 4.69) is 0 Å². The molecule has 1 aromatic carbocycles. The molecule has 1 atom stereocenters. The van der Waals surface area contributed by atoms with Crippen LogP contribution in [0.5, 0.6) is 0 Å². The van der Waals surface area contributed by atoms with Gasteiger partial charge in [-0.3, -0.25) is 0 Å². The summed E-state index contributed by atoms with van der Waals surface area (Å²) in [7, 11) is 0. The number of aliphatic carboxylic acids is 1. The minimum absolute atomic E-state index is 0.205. The standard InChI is InChI=1S/C11H8F6O3/c1-4-2-3-5(10(12,13)14)7(11(15,16)17)6(4)8(18)9(19)20/h2-3,8,18H,1H3,(H,19,20). The Bertz CT molecular complexity index is 532. The van der Waals surface area contributed by atoms with E-state index in [9.17, 15) is 36.2 Å². The fourth-order valence-corrected chi connectivity index (χ4v) is 1.74. The van der Waals surface area contributed by atoms with E-state index in [-0.39, 0.29) is 6.07 Å². The van der Waals surface area contributed by atoms with Crippen molar-refractivity contribution in [2.24, 2.45) is 0 Å². The normalized spacial score (nSPS) is 14.2. The van der Waals surface area contributed by atoms with Crippen molar-refractivity contribution < 1.29 is 41.4 Å². The Labute approximate surface area is 108 Å². The first-order chi connectivity index (χ1) is 8.87. The van der Waals surface area contributed by atoms with Crippen LogP contribution >= 0.6 is 0 Å². The van der Waals surface area contributed by atoms with Crippen LogP contribution in [0, 0.1) is 6.92 Å². The van der Waals surface area contributed by atoms with E-state index in [0.29, 0.717) is 6.07 Å². The predicted octanol–water partition coefficient (Wildman–Crippen LogP) is 3.15. The topological polar surface area (TPSA) is 57.5 Å². The minimum Gasteiger partial charge on any atom is -0.479 e. The van der Waals surface area contributed by atoms with Gasteiger partial charge in [0.2, 0.25) is 0 Å². The summed E-state index contributed by atoms with van der Waals surface area (Å²) in [6, 6.07) is 0.885.